The smallest absolute Gasteiger partial charge is 0.398 e. The molecule has 32 heavy (non-hydrogen) atoms. The van der Waals surface area contributed by atoms with Crippen LogP contribution in [0.5, 0.6) is 0 Å². The summed E-state index contributed by atoms with van der Waals surface area (Å²) in [7, 11) is 0. The first-order valence-corrected chi connectivity index (χ1v) is 9.07. The molecule has 6 N–H and O–H groups in total. The van der Waals surface area contributed by atoms with E-state index < -0.39 is 53.2 Å². The summed E-state index contributed by atoms with van der Waals surface area (Å²) in [4.78, 5) is 36.1. The van der Waals surface area contributed by atoms with Crippen LogP contribution in [0.4, 0.5) is 32.0 Å². The first-order chi connectivity index (χ1) is 14.2. The number of ketones is 1. The minimum atomic E-state index is -5.24. The van der Waals surface area contributed by atoms with E-state index >= 15 is 0 Å². The molecule has 0 heterocycles. The number of carbonyl (C=O) groups is 3. The van der Waals surface area contributed by atoms with Crippen LogP contribution in [0.2, 0.25) is 0 Å². The molecule has 0 fully saturated rings. The molecule has 1 rings (SSSR count). The molecule has 2 amide bonds. The molecule has 2 atom stereocenters. The number of carbonyl (C=O) groups excluding carboxylic acids is 3. The summed E-state index contributed by atoms with van der Waals surface area (Å²) in [6.07, 6.45) is -9.61. The third-order valence-electron chi connectivity index (χ3n) is 4.22. The van der Waals surface area contributed by atoms with Crippen molar-refractivity contribution in [3.8, 4) is 0 Å². The van der Waals surface area contributed by atoms with Crippen LogP contribution in [-0.4, -0.2) is 42.4 Å². The molecule has 1 aromatic carbocycles. The normalized spacial score (nSPS) is 13.5. The predicted molar refractivity (Wildman–Crippen MR) is 106 cm³/mol. The maximum absolute atomic E-state index is 12.9. The van der Waals surface area contributed by atoms with Crippen LogP contribution in [0.15, 0.2) is 18.2 Å². The third kappa shape index (κ3) is 8.54. The molecule has 0 unspecified atom stereocenters. The Bertz CT molecular complexity index is 817. The lowest BCUT2D eigenvalue weighted by Gasteiger charge is -2.22. The van der Waals surface area contributed by atoms with Crippen molar-refractivity contribution in [2.75, 3.05) is 12.3 Å². The van der Waals surface area contributed by atoms with Crippen LogP contribution >= 0.6 is 12.4 Å². The fraction of sp³-hybridized carbons (Fsp3) is 0.500. The molecule has 0 saturated heterocycles. The van der Waals surface area contributed by atoms with E-state index in [4.69, 9.17) is 11.5 Å². The maximum atomic E-state index is 12.9. The van der Waals surface area contributed by atoms with Gasteiger partial charge in [0.25, 0.3) is 0 Å². The minimum Gasteiger partial charge on any atom is -0.398 e. The van der Waals surface area contributed by atoms with Gasteiger partial charge in [-0.05, 0) is 50.9 Å². The molecule has 0 saturated carbocycles. The number of nitrogen functional groups attached to an aromatic ring is 1. The second-order valence-electron chi connectivity index (χ2n) is 6.70. The van der Waals surface area contributed by atoms with Gasteiger partial charge in [-0.1, -0.05) is 0 Å². The summed E-state index contributed by atoms with van der Waals surface area (Å²) >= 11 is 0. The number of Topliss-reactive ketones (excluding diaryl/α,β-unsaturated/α-hetero) is 1. The van der Waals surface area contributed by atoms with E-state index in [1.165, 1.54) is 5.32 Å². The third-order valence-corrected chi connectivity index (χ3v) is 4.22. The summed E-state index contributed by atoms with van der Waals surface area (Å²) in [5.41, 5.74) is 8.94. The van der Waals surface area contributed by atoms with Gasteiger partial charge >= 0.3 is 18.3 Å². The highest BCUT2D eigenvalue weighted by Gasteiger charge is 2.41. The van der Waals surface area contributed by atoms with Gasteiger partial charge in [0.15, 0.2) is 5.78 Å². The largest absolute Gasteiger partial charge is 0.471 e. The van der Waals surface area contributed by atoms with E-state index in [0.717, 1.165) is 13.0 Å². The minimum absolute atomic E-state index is 0. The summed E-state index contributed by atoms with van der Waals surface area (Å²) in [5.74, 6) is -4.44. The summed E-state index contributed by atoms with van der Waals surface area (Å²) in [5, 5.41) is 3.65. The van der Waals surface area contributed by atoms with Crippen molar-refractivity contribution >= 4 is 35.7 Å². The molecular weight excluding hydrogens is 470 g/mol. The number of rotatable bonds is 9. The average molecular weight is 493 g/mol. The Labute approximate surface area is 185 Å². The topological polar surface area (TPSA) is 127 Å². The second kappa shape index (κ2) is 11.9. The first kappa shape index (κ1) is 29.5. The number of hydrogen-bond donors (Lipinski definition) is 4. The lowest BCUT2D eigenvalue weighted by atomic mass is 10.00. The van der Waals surface area contributed by atoms with Crippen molar-refractivity contribution in [1.29, 1.82) is 0 Å². The van der Waals surface area contributed by atoms with Crippen LogP contribution in [0, 0.1) is 0 Å². The van der Waals surface area contributed by atoms with Crippen LogP contribution in [0.1, 0.15) is 42.1 Å². The van der Waals surface area contributed by atoms with E-state index in [1.807, 2.05) is 0 Å². The van der Waals surface area contributed by atoms with E-state index in [9.17, 15) is 40.7 Å². The number of halogens is 7. The van der Waals surface area contributed by atoms with Gasteiger partial charge in [0.2, 0.25) is 5.91 Å². The number of benzene rings is 1. The van der Waals surface area contributed by atoms with Crippen molar-refractivity contribution in [3.05, 3.63) is 29.3 Å². The van der Waals surface area contributed by atoms with Gasteiger partial charge < -0.3 is 22.1 Å². The Morgan fingerprint density at radius 2 is 1.62 bits per heavy atom. The van der Waals surface area contributed by atoms with Crippen molar-refractivity contribution in [1.82, 2.24) is 10.6 Å². The van der Waals surface area contributed by atoms with Gasteiger partial charge in [-0.2, -0.15) is 26.3 Å². The summed E-state index contributed by atoms with van der Waals surface area (Å²) in [6, 6.07) is -0.989. The molecule has 0 radical (unpaired) electrons. The fourth-order valence-electron chi connectivity index (χ4n) is 2.56. The zero-order valence-electron chi connectivity index (χ0n) is 16.8. The monoisotopic (exact) mass is 492 g/mol. The van der Waals surface area contributed by atoms with Crippen LogP contribution in [-0.2, 0) is 15.8 Å². The first-order valence-electron chi connectivity index (χ1n) is 9.07. The molecule has 1 aromatic rings. The van der Waals surface area contributed by atoms with Gasteiger partial charge in [0, 0.05) is 11.3 Å². The van der Waals surface area contributed by atoms with E-state index in [2.05, 4.69) is 5.32 Å². The molecular formula is C18H23ClF6N4O3. The van der Waals surface area contributed by atoms with E-state index in [1.54, 1.807) is 0 Å². The number of anilines is 1. The molecule has 7 nitrogen and oxygen atoms in total. The van der Waals surface area contributed by atoms with Crippen LogP contribution < -0.4 is 22.1 Å². The molecule has 0 bridgehead atoms. The van der Waals surface area contributed by atoms with Gasteiger partial charge in [-0.15, -0.1) is 12.4 Å². The van der Waals surface area contributed by atoms with Crippen molar-refractivity contribution in [2.24, 2.45) is 5.73 Å². The number of nitrogens with two attached hydrogens (primary N) is 2. The Balaban J connectivity index is 0.00000961. The molecule has 14 heteroatoms. The molecule has 0 aliphatic carbocycles. The Morgan fingerprint density at radius 1 is 1.03 bits per heavy atom. The molecule has 0 aliphatic heterocycles. The Morgan fingerprint density at radius 3 is 2.12 bits per heavy atom. The number of alkyl halides is 6. The Kier molecular flexibility index (Phi) is 11.0. The highest BCUT2D eigenvalue weighted by Crippen LogP contribution is 2.31. The van der Waals surface area contributed by atoms with E-state index in [-0.39, 0.29) is 37.5 Å². The number of nitrogens with one attached hydrogen (secondary N) is 2. The highest BCUT2D eigenvalue weighted by atomic mass is 35.5. The van der Waals surface area contributed by atoms with Gasteiger partial charge in [0.05, 0.1) is 11.6 Å². The van der Waals surface area contributed by atoms with Crippen molar-refractivity contribution in [3.63, 3.8) is 0 Å². The molecule has 0 spiro atoms. The van der Waals surface area contributed by atoms with Crippen LogP contribution in [0.25, 0.3) is 0 Å². The fourth-order valence-corrected chi connectivity index (χ4v) is 2.56. The molecule has 0 aromatic heterocycles. The highest BCUT2D eigenvalue weighted by molar-refractivity contribution is 6.06. The van der Waals surface area contributed by atoms with Crippen molar-refractivity contribution in [2.45, 2.75) is 50.6 Å². The SMILES string of the molecule is C[C@H](NC(=O)[C@H](CCCCN)NC(=O)C(F)(F)F)C(=O)c1cc(C(F)(F)F)ccc1N.Cl. The number of amides is 2. The average Bonchev–Trinajstić information content (AvgIpc) is 2.65. The zero-order chi connectivity index (χ0) is 24.0. The van der Waals surface area contributed by atoms with Crippen molar-refractivity contribution < 1.29 is 40.7 Å². The van der Waals surface area contributed by atoms with E-state index in [0.29, 0.717) is 18.6 Å². The van der Waals surface area contributed by atoms with Gasteiger partial charge in [-0.3, -0.25) is 14.4 Å². The quantitative estimate of drug-likeness (QED) is 0.182. The lowest BCUT2D eigenvalue weighted by molar-refractivity contribution is -0.174. The summed E-state index contributed by atoms with van der Waals surface area (Å²) in [6.45, 7) is 1.33. The van der Waals surface area contributed by atoms with Gasteiger partial charge in [0.1, 0.15) is 6.04 Å². The zero-order valence-corrected chi connectivity index (χ0v) is 17.6. The Hall–Kier alpha value is -2.54. The second-order valence-corrected chi connectivity index (χ2v) is 6.70. The molecule has 182 valence electrons. The van der Waals surface area contributed by atoms with Gasteiger partial charge in [-0.25, -0.2) is 0 Å². The predicted octanol–water partition coefficient (Wildman–Crippen LogP) is 2.57. The maximum Gasteiger partial charge on any atom is 0.471 e. The molecule has 0 aliphatic rings. The number of hydrogen-bond acceptors (Lipinski definition) is 5. The number of unbranched alkanes of at least 4 members (excludes halogenated alkanes) is 1. The standard InChI is InChI=1S/C18H22F6N4O3.ClH/c1-9(14(29)11-8-10(17(19,20)21)5-6-12(11)26)27-15(30)13(4-2-3-7-25)28-16(31)18(22,23)24;/h5-6,8-9,13H,2-4,7,25-26H2,1H3,(H,27,30)(H,28,31);1H/t9-,13-;/m0./s1. The lowest BCUT2D eigenvalue weighted by Crippen LogP contribution is -2.53. The van der Waals surface area contributed by atoms with Crippen LogP contribution in [0.3, 0.4) is 0 Å². The summed E-state index contributed by atoms with van der Waals surface area (Å²) < 4.78 is 76.2.